The highest BCUT2D eigenvalue weighted by molar-refractivity contribution is 7.99. The van der Waals surface area contributed by atoms with Crippen LogP contribution in [0.4, 0.5) is 0 Å². The van der Waals surface area contributed by atoms with E-state index in [1.165, 1.54) is 37.5 Å². The van der Waals surface area contributed by atoms with Crippen molar-refractivity contribution < 1.29 is 0 Å². The summed E-state index contributed by atoms with van der Waals surface area (Å²) in [6.07, 6.45) is 2.42. The van der Waals surface area contributed by atoms with Gasteiger partial charge in [-0.2, -0.15) is 0 Å². The van der Waals surface area contributed by atoms with Gasteiger partial charge in [0, 0.05) is 48.9 Å². The Balaban J connectivity index is 1.54. The summed E-state index contributed by atoms with van der Waals surface area (Å²) >= 11 is 7.72. The molecule has 0 atom stereocenters. The van der Waals surface area contributed by atoms with E-state index < -0.39 is 0 Å². The Labute approximate surface area is 167 Å². The van der Waals surface area contributed by atoms with Crippen LogP contribution in [0.2, 0.25) is 5.02 Å². The lowest BCUT2D eigenvalue weighted by atomic mass is 10.3. The molecule has 2 rings (SSSR count). The second-order valence-electron chi connectivity index (χ2n) is 6.58. The third-order valence-electron chi connectivity index (χ3n) is 4.46. The van der Waals surface area contributed by atoms with E-state index >= 15 is 0 Å². The number of guanidine groups is 1. The minimum absolute atomic E-state index is 0.782. The highest BCUT2D eigenvalue weighted by Crippen LogP contribution is 2.19. The van der Waals surface area contributed by atoms with E-state index in [1.807, 2.05) is 30.9 Å². The number of aliphatic imine (C=N–C) groups is 1. The Morgan fingerprint density at radius 2 is 1.88 bits per heavy atom. The number of halogens is 1. The Morgan fingerprint density at radius 1 is 1.12 bits per heavy atom. The Morgan fingerprint density at radius 3 is 2.65 bits per heavy atom. The molecular formula is C19H32ClN5S. The first kappa shape index (κ1) is 21.4. The molecule has 0 saturated carbocycles. The smallest absolute Gasteiger partial charge is 0.191 e. The third kappa shape index (κ3) is 8.62. The summed E-state index contributed by atoms with van der Waals surface area (Å²) in [7, 11) is 4.04. The van der Waals surface area contributed by atoms with E-state index in [0.717, 1.165) is 42.8 Å². The molecule has 0 aliphatic carbocycles. The number of benzene rings is 1. The molecule has 1 heterocycles. The molecule has 1 aromatic rings. The molecule has 1 fully saturated rings. The summed E-state index contributed by atoms with van der Waals surface area (Å²) < 4.78 is 0. The molecular weight excluding hydrogens is 366 g/mol. The van der Waals surface area contributed by atoms with Crippen molar-refractivity contribution in [1.82, 2.24) is 20.4 Å². The molecule has 1 aliphatic heterocycles. The van der Waals surface area contributed by atoms with Gasteiger partial charge in [-0.15, -0.1) is 11.8 Å². The van der Waals surface area contributed by atoms with Crippen LogP contribution in [0.1, 0.15) is 12.8 Å². The van der Waals surface area contributed by atoms with Crippen molar-refractivity contribution in [2.45, 2.75) is 17.7 Å². The van der Waals surface area contributed by atoms with Gasteiger partial charge in [-0.1, -0.05) is 11.6 Å². The summed E-state index contributed by atoms with van der Waals surface area (Å²) in [6.45, 7) is 7.80. The lowest BCUT2D eigenvalue weighted by molar-refractivity contribution is 0.274. The van der Waals surface area contributed by atoms with Gasteiger partial charge in [-0.05, 0) is 63.8 Å². The minimum Gasteiger partial charge on any atom is -0.356 e. The van der Waals surface area contributed by atoms with Crippen molar-refractivity contribution in [3.63, 3.8) is 0 Å². The van der Waals surface area contributed by atoms with E-state index in [1.54, 1.807) is 0 Å². The van der Waals surface area contributed by atoms with Crippen LogP contribution in [-0.4, -0.2) is 81.4 Å². The monoisotopic (exact) mass is 397 g/mol. The van der Waals surface area contributed by atoms with Gasteiger partial charge in [0.25, 0.3) is 0 Å². The highest BCUT2D eigenvalue weighted by atomic mass is 35.5. The zero-order valence-corrected chi connectivity index (χ0v) is 17.6. The summed E-state index contributed by atoms with van der Waals surface area (Å²) in [4.78, 5) is 10.5. The van der Waals surface area contributed by atoms with Gasteiger partial charge in [0.2, 0.25) is 0 Å². The van der Waals surface area contributed by atoms with Crippen molar-refractivity contribution in [2.24, 2.45) is 4.99 Å². The van der Waals surface area contributed by atoms with Crippen molar-refractivity contribution in [3.05, 3.63) is 29.3 Å². The van der Waals surface area contributed by atoms with Crippen molar-refractivity contribution >= 4 is 29.3 Å². The first-order chi connectivity index (χ1) is 12.7. The molecule has 1 saturated heterocycles. The Hall–Kier alpha value is -0.950. The Kier molecular flexibility index (Phi) is 10.2. The van der Waals surface area contributed by atoms with Gasteiger partial charge < -0.3 is 20.4 Å². The number of thioether (sulfide) groups is 1. The average molecular weight is 398 g/mol. The number of hydrogen-bond donors (Lipinski definition) is 2. The second-order valence-corrected chi connectivity index (χ2v) is 8.18. The van der Waals surface area contributed by atoms with Gasteiger partial charge in [0.1, 0.15) is 0 Å². The fourth-order valence-corrected chi connectivity index (χ4v) is 3.82. The van der Waals surface area contributed by atoms with E-state index in [0.29, 0.717) is 0 Å². The average Bonchev–Trinajstić information content (AvgIpc) is 2.86. The van der Waals surface area contributed by atoms with Gasteiger partial charge in [0.05, 0.1) is 0 Å². The summed E-state index contributed by atoms with van der Waals surface area (Å²) in [5, 5.41) is 7.57. The fraction of sp³-hybridized carbons (Fsp3) is 0.632. The SMILES string of the molecule is CN=C(NCCCN1CCCN(C)CC1)NCCSc1ccc(Cl)cc1. The molecule has 5 nitrogen and oxygen atoms in total. The number of nitrogens with zero attached hydrogens (tertiary/aromatic N) is 3. The summed E-state index contributed by atoms with van der Waals surface area (Å²) in [5.41, 5.74) is 0. The van der Waals surface area contributed by atoms with Crippen LogP contribution < -0.4 is 10.6 Å². The number of likely N-dealkylation sites (N-methyl/N-ethyl adjacent to an activating group) is 1. The zero-order chi connectivity index (χ0) is 18.6. The maximum absolute atomic E-state index is 5.91. The van der Waals surface area contributed by atoms with E-state index in [9.17, 15) is 0 Å². The molecule has 2 N–H and O–H groups in total. The predicted octanol–water partition coefficient (Wildman–Crippen LogP) is 2.62. The van der Waals surface area contributed by atoms with Gasteiger partial charge in [0.15, 0.2) is 5.96 Å². The number of rotatable bonds is 8. The first-order valence-electron chi connectivity index (χ1n) is 9.41. The first-order valence-corrected chi connectivity index (χ1v) is 10.8. The lowest BCUT2D eigenvalue weighted by Crippen LogP contribution is -2.40. The van der Waals surface area contributed by atoms with Gasteiger partial charge in [-0.3, -0.25) is 4.99 Å². The summed E-state index contributed by atoms with van der Waals surface area (Å²) in [6, 6.07) is 7.97. The molecule has 146 valence electrons. The van der Waals surface area contributed by atoms with Gasteiger partial charge in [-0.25, -0.2) is 0 Å². The van der Waals surface area contributed by atoms with Crippen LogP contribution in [0.3, 0.4) is 0 Å². The van der Waals surface area contributed by atoms with Gasteiger partial charge >= 0.3 is 0 Å². The molecule has 0 radical (unpaired) electrons. The van der Waals surface area contributed by atoms with Crippen LogP contribution in [0.5, 0.6) is 0 Å². The molecule has 0 amide bonds. The van der Waals surface area contributed by atoms with Crippen LogP contribution in [0, 0.1) is 0 Å². The molecule has 0 unspecified atom stereocenters. The second kappa shape index (κ2) is 12.4. The zero-order valence-electron chi connectivity index (χ0n) is 16.0. The van der Waals surface area contributed by atoms with Crippen LogP contribution in [0.15, 0.2) is 34.2 Å². The largest absolute Gasteiger partial charge is 0.356 e. The molecule has 0 bridgehead atoms. The minimum atomic E-state index is 0.782. The van der Waals surface area contributed by atoms with E-state index in [-0.39, 0.29) is 0 Å². The van der Waals surface area contributed by atoms with E-state index in [4.69, 9.17) is 11.6 Å². The number of hydrogen-bond acceptors (Lipinski definition) is 4. The third-order valence-corrected chi connectivity index (χ3v) is 5.72. The maximum atomic E-state index is 5.91. The van der Waals surface area contributed by atoms with Crippen molar-refractivity contribution in [2.75, 3.05) is 65.7 Å². The molecule has 26 heavy (non-hydrogen) atoms. The van der Waals surface area contributed by atoms with Crippen LogP contribution >= 0.6 is 23.4 Å². The molecule has 7 heteroatoms. The molecule has 1 aromatic carbocycles. The van der Waals surface area contributed by atoms with Crippen molar-refractivity contribution in [1.29, 1.82) is 0 Å². The Bertz CT molecular complexity index is 537. The molecule has 0 aromatic heterocycles. The molecule has 0 spiro atoms. The number of nitrogens with one attached hydrogen (secondary N) is 2. The lowest BCUT2D eigenvalue weighted by Gasteiger charge is -2.20. The van der Waals surface area contributed by atoms with Crippen LogP contribution in [-0.2, 0) is 0 Å². The fourth-order valence-electron chi connectivity index (χ4n) is 2.92. The maximum Gasteiger partial charge on any atom is 0.191 e. The summed E-state index contributed by atoms with van der Waals surface area (Å²) in [5.74, 6) is 1.88. The normalized spacial score (nSPS) is 17.1. The van der Waals surface area contributed by atoms with Crippen LogP contribution in [0.25, 0.3) is 0 Å². The predicted molar refractivity (Wildman–Crippen MR) is 115 cm³/mol. The highest BCUT2D eigenvalue weighted by Gasteiger charge is 2.11. The molecule has 1 aliphatic rings. The topological polar surface area (TPSA) is 42.9 Å². The quantitative estimate of drug-likeness (QED) is 0.305. The standard InChI is InChI=1S/C19H32ClN5S/c1-21-19(23-10-16-26-18-7-5-17(20)6-8-18)22-9-3-12-25-13-4-11-24(2)14-15-25/h5-8H,3-4,9-16H2,1-2H3,(H2,21,22,23). The van der Waals surface area contributed by atoms with E-state index in [2.05, 4.69) is 44.6 Å². The van der Waals surface area contributed by atoms with Crippen molar-refractivity contribution in [3.8, 4) is 0 Å².